The van der Waals surface area contributed by atoms with Crippen LogP contribution in [0.15, 0.2) is 30.3 Å². The molecule has 0 aliphatic carbocycles. The number of para-hydroxylation sites is 1. The van der Waals surface area contributed by atoms with Crippen LogP contribution in [-0.2, 0) is 0 Å². The Balaban J connectivity index is 0.00000196. The van der Waals surface area contributed by atoms with Gasteiger partial charge >= 0.3 is 29.6 Å². The van der Waals surface area contributed by atoms with Crippen LogP contribution in [0.3, 0.4) is 0 Å². The molecule has 1 amide bonds. The maximum absolute atomic E-state index is 10.8. The van der Waals surface area contributed by atoms with Gasteiger partial charge in [0.1, 0.15) is 0 Å². The SMILES string of the molecule is CCSSN(C(=O)[O-])c1ccccc1.[Na+]. The van der Waals surface area contributed by atoms with E-state index in [0.29, 0.717) is 5.69 Å². The molecule has 6 heteroatoms. The van der Waals surface area contributed by atoms with Gasteiger partial charge in [0.05, 0.1) is 5.69 Å². The third-order valence-electron chi connectivity index (χ3n) is 1.40. The maximum atomic E-state index is 10.8. The first-order valence-electron chi connectivity index (χ1n) is 4.11. The van der Waals surface area contributed by atoms with Crippen molar-refractivity contribution in [2.24, 2.45) is 0 Å². The Kier molecular flexibility index (Phi) is 8.46. The molecule has 0 saturated heterocycles. The van der Waals surface area contributed by atoms with E-state index >= 15 is 0 Å². The topological polar surface area (TPSA) is 43.4 Å². The Bertz CT molecular complexity index is 297. The second-order valence-corrected chi connectivity index (χ2v) is 4.86. The van der Waals surface area contributed by atoms with Gasteiger partial charge in [0.15, 0.2) is 6.09 Å². The van der Waals surface area contributed by atoms with Crippen molar-refractivity contribution in [1.29, 1.82) is 0 Å². The average molecular weight is 251 g/mol. The number of rotatable bonds is 4. The Morgan fingerprint density at radius 1 is 1.40 bits per heavy atom. The molecule has 0 N–H and O–H groups in total. The summed E-state index contributed by atoms with van der Waals surface area (Å²) in [6.07, 6.45) is -1.19. The van der Waals surface area contributed by atoms with Crippen molar-refractivity contribution in [3.8, 4) is 0 Å². The number of anilines is 1. The number of carbonyl (C=O) groups excluding carboxylic acids is 1. The smallest absolute Gasteiger partial charge is 0.529 e. The molecular formula is C9H10NNaO2S2. The Morgan fingerprint density at radius 2 is 2.00 bits per heavy atom. The van der Waals surface area contributed by atoms with Gasteiger partial charge in [-0.25, -0.2) is 0 Å². The quantitative estimate of drug-likeness (QED) is 0.397. The summed E-state index contributed by atoms with van der Waals surface area (Å²) in [6, 6.07) is 8.90. The van der Waals surface area contributed by atoms with E-state index in [-0.39, 0.29) is 29.6 Å². The minimum Gasteiger partial charge on any atom is -0.529 e. The fourth-order valence-corrected chi connectivity index (χ4v) is 2.40. The zero-order chi connectivity index (χ0) is 10.4. The van der Waals surface area contributed by atoms with Gasteiger partial charge in [0.2, 0.25) is 0 Å². The van der Waals surface area contributed by atoms with E-state index in [2.05, 4.69) is 0 Å². The molecule has 1 rings (SSSR count). The number of nitrogens with zero attached hydrogens (tertiary/aromatic N) is 1. The fraction of sp³-hybridized carbons (Fsp3) is 0.222. The van der Waals surface area contributed by atoms with Gasteiger partial charge in [-0.3, -0.25) is 4.31 Å². The molecule has 76 valence electrons. The van der Waals surface area contributed by atoms with Crippen LogP contribution in [0.5, 0.6) is 0 Å². The molecular weight excluding hydrogens is 241 g/mol. The van der Waals surface area contributed by atoms with Crippen LogP contribution in [0.2, 0.25) is 0 Å². The van der Waals surface area contributed by atoms with E-state index in [1.165, 1.54) is 21.8 Å². The molecule has 0 radical (unpaired) electrons. The van der Waals surface area contributed by atoms with Crippen LogP contribution in [0, 0.1) is 0 Å². The van der Waals surface area contributed by atoms with Crippen molar-refractivity contribution in [2.75, 3.05) is 10.1 Å². The third-order valence-corrected chi connectivity index (χ3v) is 3.72. The minimum absolute atomic E-state index is 0. The first-order chi connectivity index (χ1) is 6.75. The summed E-state index contributed by atoms with van der Waals surface area (Å²) in [6.45, 7) is 1.97. The number of carbonyl (C=O) groups is 1. The van der Waals surface area contributed by atoms with E-state index in [1.807, 2.05) is 13.0 Å². The van der Waals surface area contributed by atoms with Gasteiger partial charge in [-0.2, -0.15) is 0 Å². The van der Waals surface area contributed by atoms with Gasteiger partial charge in [0.25, 0.3) is 0 Å². The van der Waals surface area contributed by atoms with Gasteiger partial charge in [-0.1, -0.05) is 35.9 Å². The predicted octanol–water partition coefficient (Wildman–Crippen LogP) is -0.843. The monoisotopic (exact) mass is 251 g/mol. The molecule has 0 spiro atoms. The van der Waals surface area contributed by atoms with Crippen LogP contribution in [0.25, 0.3) is 0 Å². The summed E-state index contributed by atoms with van der Waals surface area (Å²) in [7, 11) is 2.63. The first kappa shape index (κ1) is 15.2. The zero-order valence-electron chi connectivity index (χ0n) is 8.67. The Hall–Kier alpha value is 0.190. The van der Waals surface area contributed by atoms with Crippen molar-refractivity contribution in [3.05, 3.63) is 30.3 Å². The Labute approximate surface area is 119 Å². The molecule has 0 aliphatic heterocycles. The summed E-state index contributed by atoms with van der Waals surface area (Å²) in [5.74, 6) is 0.848. The first-order valence-corrected chi connectivity index (χ1v) is 6.39. The van der Waals surface area contributed by atoms with Crippen molar-refractivity contribution >= 4 is 33.6 Å². The summed E-state index contributed by atoms with van der Waals surface area (Å²) < 4.78 is 1.15. The van der Waals surface area contributed by atoms with E-state index in [4.69, 9.17) is 0 Å². The molecule has 0 aliphatic rings. The van der Waals surface area contributed by atoms with Gasteiger partial charge in [0, 0.05) is 16.7 Å². The molecule has 0 atom stereocenters. The van der Waals surface area contributed by atoms with Crippen molar-refractivity contribution in [3.63, 3.8) is 0 Å². The maximum Gasteiger partial charge on any atom is 1.00 e. The van der Waals surface area contributed by atoms with Crippen molar-refractivity contribution < 1.29 is 39.5 Å². The molecule has 0 unspecified atom stereocenters. The largest absolute Gasteiger partial charge is 1.00 e. The molecule has 0 aromatic heterocycles. The molecule has 3 nitrogen and oxygen atoms in total. The second kappa shape index (κ2) is 8.35. The van der Waals surface area contributed by atoms with Crippen LogP contribution in [0.1, 0.15) is 6.92 Å². The van der Waals surface area contributed by atoms with Gasteiger partial charge < -0.3 is 9.90 Å². The number of hydrogen-bond acceptors (Lipinski definition) is 4. The molecule has 1 aromatic rings. The molecule has 0 fully saturated rings. The third kappa shape index (κ3) is 5.17. The standard InChI is InChI=1S/C9H11NO2S2.Na/c1-2-13-14-10(9(11)12)8-6-4-3-5-7-8;/h3-7H,2H2,1H3,(H,11,12);/q;+1/p-1. The van der Waals surface area contributed by atoms with E-state index in [9.17, 15) is 9.90 Å². The molecule has 0 bridgehead atoms. The van der Waals surface area contributed by atoms with Crippen molar-refractivity contribution in [1.82, 2.24) is 0 Å². The van der Waals surface area contributed by atoms with Crippen LogP contribution < -0.4 is 39.0 Å². The van der Waals surface area contributed by atoms with Crippen LogP contribution in [-0.4, -0.2) is 11.8 Å². The minimum atomic E-state index is -1.19. The van der Waals surface area contributed by atoms with Gasteiger partial charge in [-0.15, -0.1) is 0 Å². The average Bonchev–Trinajstić information content (AvgIpc) is 2.19. The summed E-state index contributed by atoms with van der Waals surface area (Å²) in [5.41, 5.74) is 0.624. The summed E-state index contributed by atoms with van der Waals surface area (Å²) >= 11 is 0. The molecule has 15 heavy (non-hydrogen) atoms. The van der Waals surface area contributed by atoms with Crippen LogP contribution in [0.4, 0.5) is 10.5 Å². The van der Waals surface area contributed by atoms with E-state index in [1.54, 1.807) is 24.3 Å². The predicted molar refractivity (Wildman–Crippen MR) is 60.0 cm³/mol. The van der Waals surface area contributed by atoms with E-state index < -0.39 is 6.09 Å². The normalized spacial score (nSPS) is 9.13. The number of benzene rings is 1. The Morgan fingerprint density at radius 3 is 2.47 bits per heavy atom. The number of hydrogen-bond donors (Lipinski definition) is 0. The van der Waals surface area contributed by atoms with Crippen LogP contribution >= 0.6 is 21.8 Å². The van der Waals surface area contributed by atoms with Crippen molar-refractivity contribution in [2.45, 2.75) is 6.92 Å². The molecule has 0 heterocycles. The molecule has 1 aromatic carbocycles. The second-order valence-electron chi connectivity index (χ2n) is 2.38. The number of carboxylic acid groups (broad SMARTS) is 1. The van der Waals surface area contributed by atoms with Gasteiger partial charge in [-0.05, 0) is 12.1 Å². The molecule has 0 saturated carbocycles. The summed E-state index contributed by atoms with van der Waals surface area (Å²) in [4.78, 5) is 10.8. The zero-order valence-corrected chi connectivity index (χ0v) is 12.3. The fourth-order valence-electron chi connectivity index (χ4n) is 0.848. The van der Waals surface area contributed by atoms with E-state index in [0.717, 1.165) is 10.1 Å². The number of amides is 1. The summed E-state index contributed by atoms with van der Waals surface area (Å²) in [5, 5.41) is 10.8.